The van der Waals surface area contributed by atoms with Gasteiger partial charge in [-0.3, -0.25) is 19.9 Å². The summed E-state index contributed by atoms with van der Waals surface area (Å²) >= 11 is 1.53. The summed E-state index contributed by atoms with van der Waals surface area (Å²) in [4.78, 5) is 35.6. The van der Waals surface area contributed by atoms with Crippen LogP contribution in [0.25, 0.3) is 10.9 Å². The second-order valence-corrected chi connectivity index (χ2v) is 16.8. The Labute approximate surface area is 327 Å². The molecule has 8 heterocycles. The molecule has 7 aliphatic rings. The van der Waals surface area contributed by atoms with Crippen molar-refractivity contribution in [3.05, 3.63) is 68.9 Å². The van der Waals surface area contributed by atoms with Gasteiger partial charge in [-0.15, -0.1) is 11.8 Å². The number of carbonyl (C=O) groups is 2. The number of rotatable bonds is 3. The fourth-order valence-corrected chi connectivity index (χ4v) is 12.2. The Hall–Kier alpha value is -4.67. The number of fused-ring (bicyclic) bond motifs is 11. The number of ether oxygens (including phenoxy) is 6. The third-order valence-electron chi connectivity index (χ3n) is 12.9. The maximum atomic E-state index is 14.9. The molecule has 4 N–H and O–H groups in total. The van der Waals surface area contributed by atoms with Gasteiger partial charge in [-0.25, -0.2) is 4.79 Å². The molecule has 0 saturated carbocycles. The molecule has 15 heteroatoms. The first-order valence-corrected chi connectivity index (χ1v) is 20.0. The lowest BCUT2D eigenvalue weighted by Gasteiger charge is -2.62. The molecular formula is C41H44N4O10S. The molecule has 14 nitrogen and oxygen atoms in total. The Morgan fingerprint density at radius 2 is 1.86 bits per heavy atom. The zero-order valence-electron chi connectivity index (χ0n) is 32.0. The van der Waals surface area contributed by atoms with Gasteiger partial charge in [0.15, 0.2) is 28.5 Å². The van der Waals surface area contributed by atoms with Crippen molar-refractivity contribution in [2.24, 2.45) is 0 Å². The number of phenols is 1. The van der Waals surface area contributed by atoms with E-state index < -0.39 is 47.1 Å². The minimum Gasteiger partial charge on any atom is -0.504 e. The van der Waals surface area contributed by atoms with Crippen LogP contribution in [-0.2, 0) is 32.7 Å². The average molecular weight is 785 g/mol. The predicted molar refractivity (Wildman–Crippen MR) is 205 cm³/mol. The molecule has 56 heavy (non-hydrogen) atoms. The van der Waals surface area contributed by atoms with Crippen molar-refractivity contribution in [3.8, 4) is 34.5 Å². The van der Waals surface area contributed by atoms with E-state index in [2.05, 4.69) is 15.2 Å². The standard InChI is InChI=1S/C41H44N4O10S/c1-17-11-20-12-25-39(48)45-26-14-52-40(49)41(38-22(9-10-42-41)23-13-21(50-5)7-8-24(23)43-38)15-56-37(31(45)30(44(25)4)27(20)32(47)33(17)51-6)29-28(26)36-35(53-16-54-36)18(2)34(29)55-19(3)46/h7-8,11,13,25-26,30-31,37,39,42-43,47-48H,9-10,12,14-16H2,1-6H3/t25-,26-,30-,31+,37+,39-,41+/m0/s1. The lowest BCUT2D eigenvalue weighted by molar-refractivity contribution is -0.186. The third-order valence-corrected chi connectivity index (χ3v) is 14.4. The fourth-order valence-electron chi connectivity index (χ4n) is 10.6. The Bertz CT molecular complexity index is 2360. The predicted octanol–water partition coefficient (Wildman–Crippen LogP) is 4.19. The molecule has 1 aromatic heterocycles. The van der Waals surface area contributed by atoms with Gasteiger partial charge in [0.2, 0.25) is 6.79 Å². The molecule has 2 fully saturated rings. The number of aliphatic hydroxyl groups excluding tert-OH is 1. The minimum absolute atomic E-state index is 0.0439. The fraction of sp³-hybridized carbons (Fsp3) is 0.463. The number of hydrogen-bond donors (Lipinski definition) is 4. The molecule has 3 aromatic carbocycles. The number of hydrogen-bond acceptors (Lipinski definition) is 14. The average Bonchev–Trinajstić information content (AvgIpc) is 3.82. The maximum Gasteiger partial charge on any atom is 0.333 e. The summed E-state index contributed by atoms with van der Waals surface area (Å²) in [5.41, 5.74) is 5.79. The lowest BCUT2D eigenvalue weighted by atomic mass is 9.73. The molecule has 7 aliphatic heterocycles. The molecule has 4 bridgehead atoms. The number of likely N-dealkylation sites (N-methyl/N-ethyl adjacent to an activating group) is 1. The molecule has 0 unspecified atom stereocenters. The number of aliphatic hydroxyl groups is 1. The Kier molecular flexibility index (Phi) is 8.08. The summed E-state index contributed by atoms with van der Waals surface area (Å²) in [6, 6.07) is 5.77. The van der Waals surface area contributed by atoms with E-state index in [1.54, 1.807) is 14.2 Å². The van der Waals surface area contributed by atoms with E-state index in [4.69, 9.17) is 28.4 Å². The number of phenolic OH excluding ortho intramolecular Hbond substituents is 1. The van der Waals surface area contributed by atoms with E-state index >= 15 is 0 Å². The van der Waals surface area contributed by atoms with Crippen molar-refractivity contribution in [1.29, 1.82) is 0 Å². The van der Waals surface area contributed by atoms with Gasteiger partial charge in [-0.2, -0.15) is 0 Å². The summed E-state index contributed by atoms with van der Waals surface area (Å²) in [5.74, 6) is 1.73. The number of nitrogens with one attached hydrogen (secondary N) is 2. The van der Waals surface area contributed by atoms with Crippen LogP contribution in [0.1, 0.15) is 68.9 Å². The van der Waals surface area contributed by atoms with Crippen LogP contribution in [0.3, 0.4) is 0 Å². The van der Waals surface area contributed by atoms with Gasteiger partial charge in [0.05, 0.1) is 43.3 Å². The second-order valence-electron chi connectivity index (χ2n) is 15.6. The normalized spacial score (nSPS) is 28.9. The summed E-state index contributed by atoms with van der Waals surface area (Å²) in [6.07, 6.45) is 0.129. The summed E-state index contributed by atoms with van der Waals surface area (Å²) in [7, 11) is 5.17. The first kappa shape index (κ1) is 35.7. The number of carbonyl (C=O) groups excluding carboxylic acids is 2. The highest BCUT2D eigenvalue weighted by Gasteiger charge is 2.61. The number of aryl methyl sites for hydroxylation is 1. The first-order valence-electron chi connectivity index (χ1n) is 18.9. The number of nitrogens with zero attached hydrogens (tertiary/aromatic N) is 2. The second kappa shape index (κ2) is 12.7. The molecule has 0 radical (unpaired) electrons. The van der Waals surface area contributed by atoms with Crippen LogP contribution in [0.4, 0.5) is 0 Å². The van der Waals surface area contributed by atoms with Gasteiger partial charge in [0.25, 0.3) is 0 Å². The van der Waals surface area contributed by atoms with Crippen molar-refractivity contribution in [2.45, 2.75) is 74.8 Å². The van der Waals surface area contributed by atoms with Gasteiger partial charge in [-0.05, 0) is 68.6 Å². The highest BCUT2D eigenvalue weighted by molar-refractivity contribution is 7.99. The number of aromatic nitrogens is 1. The van der Waals surface area contributed by atoms with Crippen LogP contribution >= 0.6 is 11.8 Å². The molecule has 0 aliphatic carbocycles. The van der Waals surface area contributed by atoms with E-state index in [9.17, 15) is 19.8 Å². The lowest BCUT2D eigenvalue weighted by Crippen LogP contribution is -2.70. The number of esters is 2. The number of thioether (sulfide) groups is 1. The summed E-state index contributed by atoms with van der Waals surface area (Å²) < 4.78 is 36.2. The van der Waals surface area contributed by atoms with Crippen molar-refractivity contribution in [3.63, 3.8) is 0 Å². The number of benzene rings is 3. The van der Waals surface area contributed by atoms with Crippen LogP contribution in [0.2, 0.25) is 0 Å². The summed E-state index contributed by atoms with van der Waals surface area (Å²) in [6.45, 7) is 5.46. The highest BCUT2D eigenvalue weighted by atomic mass is 32.2. The molecule has 294 valence electrons. The van der Waals surface area contributed by atoms with Crippen LogP contribution in [0.5, 0.6) is 34.5 Å². The zero-order valence-corrected chi connectivity index (χ0v) is 32.8. The number of aromatic amines is 1. The minimum atomic E-state index is -1.28. The molecule has 7 atom stereocenters. The maximum absolute atomic E-state index is 14.9. The zero-order chi connectivity index (χ0) is 38.9. The quantitative estimate of drug-likeness (QED) is 0.173. The number of methoxy groups -OCH3 is 2. The summed E-state index contributed by atoms with van der Waals surface area (Å²) in [5, 5.41) is 28.7. The van der Waals surface area contributed by atoms with Crippen LogP contribution in [0, 0.1) is 13.8 Å². The Balaban J connectivity index is 1.23. The number of H-pyrrole nitrogens is 1. The van der Waals surface area contributed by atoms with Gasteiger partial charge in [0.1, 0.15) is 24.3 Å². The van der Waals surface area contributed by atoms with Crippen molar-refractivity contribution < 1.29 is 48.2 Å². The van der Waals surface area contributed by atoms with Crippen LogP contribution < -0.4 is 29.0 Å². The number of aromatic hydroxyl groups is 1. The topological polar surface area (TPSA) is 164 Å². The van der Waals surface area contributed by atoms with Crippen LogP contribution in [0.15, 0.2) is 24.3 Å². The smallest absolute Gasteiger partial charge is 0.333 e. The monoisotopic (exact) mass is 784 g/mol. The van der Waals surface area contributed by atoms with E-state index in [0.717, 1.165) is 44.6 Å². The van der Waals surface area contributed by atoms with E-state index in [0.29, 0.717) is 59.1 Å². The van der Waals surface area contributed by atoms with E-state index in [1.807, 2.05) is 50.1 Å². The van der Waals surface area contributed by atoms with Gasteiger partial charge in [-0.1, -0.05) is 6.07 Å². The first-order chi connectivity index (χ1) is 27.0. The Morgan fingerprint density at radius 3 is 2.62 bits per heavy atom. The molecule has 0 amide bonds. The van der Waals surface area contributed by atoms with Gasteiger partial charge < -0.3 is 43.6 Å². The van der Waals surface area contributed by atoms with Crippen LogP contribution in [-0.4, -0.2) is 102 Å². The van der Waals surface area contributed by atoms with Gasteiger partial charge in [0, 0.05) is 58.4 Å². The highest BCUT2D eigenvalue weighted by Crippen LogP contribution is 2.64. The molecule has 2 saturated heterocycles. The molecule has 1 spiro atoms. The SMILES string of the molecule is COc1ccc2[nH]c3c(c2c1)CCN[C@]31CS[C@@H]2c3c(OC(C)=O)c(C)c4c(c3[C@H](COC1=O)N1[C@@H]2[C@@H]2c3c(cc(C)c(OC)c3O)C[C@@H]([C@@H]1O)N2C)OCO4. The Morgan fingerprint density at radius 1 is 1.05 bits per heavy atom. The molecule has 11 rings (SSSR count). The number of piperazine rings is 1. The van der Waals surface area contributed by atoms with Crippen molar-refractivity contribution in [2.75, 3.05) is 47.0 Å². The van der Waals surface area contributed by atoms with Gasteiger partial charge >= 0.3 is 11.9 Å². The van der Waals surface area contributed by atoms with Crippen molar-refractivity contribution in [1.82, 2.24) is 20.1 Å². The molecular weight excluding hydrogens is 741 g/mol. The third kappa shape index (κ3) is 4.71. The largest absolute Gasteiger partial charge is 0.504 e. The van der Waals surface area contributed by atoms with Crippen molar-refractivity contribution >= 4 is 34.6 Å². The molecule has 4 aromatic rings. The van der Waals surface area contributed by atoms with E-state index in [1.165, 1.54) is 18.7 Å². The van der Waals surface area contributed by atoms with E-state index in [-0.39, 0.29) is 30.9 Å².